The van der Waals surface area contributed by atoms with Crippen LogP contribution < -0.4 is 5.32 Å². The Morgan fingerprint density at radius 1 is 1.48 bits per heavy atom. The van der Waals surface area contributed by atoms with Crippen molar-refractivity contribution in [3.63, 3.8) is 0 Å². The molecule has 1 aromatic heterocycles. The molecule has 1 saturated heterocycles. The van der Waals surface area contributed by atoms with Crippen LogP contribution in [0.2, 0.25) is 0 Å². The molecule has 2 rings (SSSR count). The zero-order chi connectivity index (χ0) is 18.1. The maximum atomic E-state index is 5.49. The minimum atomic E-state index is 0.511. The average Bonchev–Trinajstić information content (AvgIpc) is 3.22. The molecule has 0 bridgehead atoms. The quantitative estimate of drug-likeness (QED) is 0.405. The molecular formula is C17H32N6O2. The third-order valence-electron chi connectivity index (χ3n) is 4.42. The largest absolute Gasteiger partial charge is 0.382 e. The predicted molar refractivity (Wildman–Crippen MR) is 97.5 cm³/mol. The smallest absolute Gasteiger partial charge is 0.194 e. The summed E-state index contributed by atoms with van der Waals surface area (Å²) in [5.74, 6) is 3.22. The van der Waals surface area contributed by atoms with Crippen LogP contribution in [0.4, 0.5) is 0 Å². The second kappa shape index (κ2) is 10.4. The predicted octanol–water partition coefficient (Wildman–Crippen LogP) is 0.964. The van der Waals surface area contributed by atoms with Gasteiger partial charge >= 0.3 is 0 Å². The van der Waals surface area contributed by atoms with E-state index in [-0.39, 0.29) is 0 Å². The molecule has 0 amide bonds. The van der Waals surface area contributed by atoms with Crippen LogP contribution in [0, 0.1) is 12.8 Å². The monoisotopic (exact) mass is 352 g/mol. The zero-order valence-electron chi connectivity index (χ0n) is 16.0. The fourth-order valence-corrected chi connectivity index (χ4v) is 2.77. The Bertz CT molecular complexity index is 539. The van der Waals surface area contributed by atoms with Gasteiger partial charge in [-0.25, -0.2) is 4.99 Å². The first-order valence-electron chi connectivity index (χ1n) is 9.11. The van der Waals surface area contributed by atoms with Gasteiger partial charge < -0.3 is 24.3 Å². The molecule has 1 unspecified atom stereocenters. The van der Waals surface area contributed by atoms with E-state index in [9.17, 15) is 0 Å². The molecule has 1 N–H and O–H groups in total. The molecule has 0 aromatic carbocycles. The highest BCUT2D eigenvalue weighted by Gasteiger charge is 2.19. The number of guanidine groups is 1. The third kappa shape index (κ3) is 6.28. The topological polar surface area (TPSA) is 76.8 Å². The van der Waals surface area contributed by atoms with Crippen LogP contribution >= 0.6 is 0 Å². The number of ether oxygens (including phenoxy) is 2. The van der Waals surface area contributed by atoms with Gasteiger partial charge in [0, 0.05) is 52.9 Å². The van der Waals surface area contributed by atoms with Gasteiger partial charge in [-0.3, -0.25) is 0 Å². The van der Waals surface area contributed by atoms with Crippen molar-refractivity contribution in [2.24, 2.45) is 18.0 Å². The second-order valence-corrected chi connectivity index (χ2v) is 6.45. The minimum Gasteiger partial charge on any atom is -0.382 e. The van der Waals surface area contributed by atoms with Crippen molar-refractivity contribution >= 4 is 5.96 Å². The summed E-state index contributed by atoms with van der Waals surface area (Å²) in [6.07, 6.45) is 2.07. The molecule has 0 aliphatic carbocycles. The lowest BCUT2D eigenvalue weighted by atomic mass is 10.1. The van der Waals surface area contributed by atoms with E-state index < -0.39 is 0 Å². The molecule has 8 heteroatoms. The van der Waals surface area contributed by atoms with Crippen LogP contribution in [0.5, 0.6) is 0 Å². The van der Waals surface area contributed by atoms with Crippen molar-refractivity contribution in [2.45, 2.75) is 33.2 Å². The third-order valence-corrected chi connectivity index (χ3v) is 4.42. The van der Waals surface area contributed by atoms with Crippen molar-refractivity contribution in [1.82, 2.24) is 25.0 Å². The number of rotatable bonds is 9. The Hall–Kier alpha value is -1.67. The van der Waals surface area contributed by atoms with Crippen LogP contribution in [0.25, 0.3) is 0 Å². The average molecular weight is 352 g/mol. The van der Waals surface area contributed by atoms with Crippen LogP contribution in [-0.4, -0.2) is 72.2 Å². The minimum absolute atomic E-state index is 0.511. The molecule has 1 fully saturated rings. The van der Waals surface area contributed by atoms with E-state index in [4.69, 9.17) is 14.5 Å². The van der Waals surface area contributed by atoms with Crippen LogP contribution in [0.3, 0.4) is 0 Å². The Morgan fingerprint density at radius 2 is 2.32 bits per heavy atom. The summed E-state index contributed by atoms with van der Waals surface area (Å²) >= 11 is 0. The normalized spacial score (nSPS) is 17.9. The second-order valence-electron chi connectivity index (χ2n) is 6.45. The molecule has 2 heterocycles. The maximum absolute atomic E-state index is 5.49. The summed E-state index contributed by atoms with van der Waals surface area (Å²) in [5.41, 5.74) is 0. The lowest BCUT2D eigenvalue weighted by Crippen LogP contribution is -2.42. The summed E-state index contributed by atoms with van der Waals surface area (Å²) in [7, 11) is 4.05. The molecule has 1 aliphatic heterocycles. The molecule has 8 nitrogen and oxygen atoms in total. The van der Waals surface area contributed by atoms with E-state index >= 15 is 0 Å². The zero-order valence-corrected chi connectivity index (χ0v) is 16.0. The molecule has 0 radical (unpaired) electrons. The van der Waals surface area contributed by atoms with Crippen LogP contribution in [-0.2, 0) is 23.1 Å². The number of nitrogens with zero attached hydrogens (tertiary/aromatic N) is 5. The first-order valence-corrected chi connectivity index (χ1v) is 9.11. The van der Waals surface area contributed by atoms with E-state index in [0.717, 1.165) is 70.0 Å². The van der Waals surface area contributed by atoms with E-state index in [1.807, 2.05) is 25.5 Å². The Morgan fingerprint density at radius 3 is 2.96 bits per heavy atom. The van der Waals surface area contributed by atoms with Crippen molar-refractivity contribution < 1.29 is 9.47 Å². The maximum Gasteiger partial charge on any atom is 0.194 e. The van der Waals surface area contributed by atoms with Crippen molar-refractivity contribution in [1.29, 1.82) is 0 Å². The summed E-state index contributed by atoms with van der Waals surface area (Å²) in [6, 6.07) is 0. The van der Waals surface area contributed by atoms with Gasteiger partial charge in [0.15, 0.2) is 11.8 Å². The number of hydrogen-bond donors (Lipinski definition) is 1. The Balaban J connectivity index is 1.94. The molecular weight excluding hydrogens is 320 g/mol. The summed E-state index contributed by atoms with van der Waals surface area (Å²) in [5, 5.41) is 11.7. The van der Waals surface area contributed by atoms with Gasteiger partial charge in [0.25, 0.3) is 0 Å². The van der Waals surface area contributed by atoms with Crippen LogP contribution in [0.15, 0.2) is 4.99 Å². The summed E-state index contributed by atoms with van der Waals surface area (Å²) in [6.45, 7) is 9.47. The molecule has 1 aliphatic rings. The van der Waals surface area contributed by atoms with Crippen molar-refractivity contribution in [2.75, 3.05) is 46.6 Å². The fraction of sp³-hybridized carbons (Fsp3) is 0.824. The van der Waals surface area contributed by atoms with Gasteiger partial charge in [-0.2, -0.15) is 0 Å². The number of aryl methyl sites for hydroxylation is 1. The van der Waals surface area contributed by atoms with Crippen LogP contribution in [0.1, 0.15) is 31.4 Å². The van der Waals surface area contributed by atoms with Crippen molar-refractivity contribution in [3.8, 4) is 0 Å². The van der Waals surface area contributed by atoms with E-state index in [2.05, 4.69) is 27.5 Å². The highest BCUT2D eigenvalue weighted by molar-refractivity contribution is 5.79. The van der Waals surface area contributed by atoms with Gasteiger partial charge in [-0.05, 0) is 26.7 Å². The fourth-order valence-electron chi connectivity index (χ4n) is 2.77. The van der Waals surface area contributed by atoms with Gasteiger partial charge in [-0.1, -0.05) is 0 Å². The first-order chi connectivity index (χ1) is 12.1. The number of hydrogen-bond acceptors (Lipinski definition) is 5. The van der Waals surface area contributed by atoms with Gasteiger partial charge in [0.2, 0.25) is 0 Å². The lowest BCUT2D eigenvalue weighted by Gasteiger charge is -2.25. The molecule has 25 heavy (non-hydrogen) atoms. The molecule has 0 spiro atoms. The highest BCUT2D eigenvalue weighted by Crippen LogP contribution is 2.13. The molecule has 1 atom stereocenters. The van der Waals surface area contributed by atoms with Gasteiger partial charge in [0.05, 0.1) is 6.61 Å². The lowest BCUT2D eigenvalue weighted by molar-refractivity contribution is 0.145. The summed E-state index contributed by atoms with van der Waals surface area (Å²) in [4.78, 5) is 6.94. The Kier molecular flexibility index (Phi) is 8.14. The van der Waals surface area contributed by atoms with Gasteiger partial charge in [0.1, 0.15) is 12.4 Å². The van der Waals surface area contributed by atoms with Crippen molar-refractivity contribution in [3.05, 3.63) is 11.6 Å². The summed E-state index contributed by atoms with van der Waals surface area (Å²) < 4.78 is 12.9. The molecule has 1 aromatic rings. The number of aliphatic imine (C=N–C) groups is 1. The highest BCUT2D eigenvalue weighted by atomic mass is 16.5. The first kappa shape index (κ1) is 19.7. The standard InChI is InChI=1S/C17H32N6O2/c1-5-24-9-6-8-18-17(22(3)12-15-7-10-25-13-15)19-11-16-21-20-14(2)23(16)4/h15H,5-13H2,1-4H3,(H,18,19). The van der Waals surface area contributed by atoms with E-state index in [1.165, 1.54) is 0 Å². The molecule has 0 saturated carbocycles. The van der Waals surface area contributed by atoms with Gasteiger partial charge in [-0.15, -0.1) is 10.2 Å². The van der Waals surface area contributed by atoms with E-state index in [0.29, 0.717) is 12.5 Å². The SMILES string of the molecule is CCOCCCNC(=NCc1nnc(C)n1C)N(C)CC1CCOC1. The Labute approximate surface area is 150 Å². The number of aromatic nitrogens is 3. The molecule has 142 valence electrons. The van der Waals surface area contributed by atoms with E-state index in [1.54, 1.807) is 0 Å². The number of nitrogens with one attached hydrogen (secondary N) is 1.